The van der Waals surface area contributed by atoms with Crippen LogP contribution in [0, 0.1) is 5.92 Å². The van der Waals surface area contributed by atoms with E-state index in [0.717, 1.165) is 16.7 Å². The van der Waals surface area contributed by atoms with Crippen LogP contribution in [-0.4, -0.2) is 41.8 Å². The molecule has 0 bridgehead atoms. The van der Waals surface area contributed by atoms with Gasteiger partial charge in [0, 0.05) is 0 Å². The first-order valence-corrected chi connectivity index (χ1v) is 14.4. The van der Waals surface area contributed by atoms with Crippen LogP contribution in [0.3, 0.4) is 0 Å². The van der Waals surface area contributed by atoms with E-state index in [-0.39, 0.29) is 36.4 Å². The van der Waals surface area contributed by atoms with Gasteiger partial charge in [-0.15, -0.1) is 0 Å². The van der Waals surface area contributed by atoms with E-state index in [4.69, 9.17) is 9.47 Å². The number of aliphatic imine (C=N–C) groups is 1. The number of rotatable bonds is 13. The highest BCUT2D eigenvalue weighted by Crippen LogP contribution is 2.29. The van der Waals surface area contributed by atoms with Crippen molar-refractivity contribution in [3.63, 3.8) is 0 Å². The first-order chi connectivity index (χ1) is 20.3. The molecule has 0 saturated carbocycles. The summed E-state index contributed by atoms with van der Waals surface area (Å²) in [6.45, 7) is 5.90. The Bertz CT molecular complexity index is 1350. The van der Waals surface area contributed by atoms with Crippen molar-refractivity contribution < 1.29 is 23.9 Å². The molecule has 8 nitrogen and oxygen atoms in total. The molecule has 4 atom stereocenters. The van der Waals surface area contributed by atoms with Crippen LogP contribution in [-0.2, 0) is 32.1 Å². The molecule has 2 N–H and O–H groups in total. The van der Waals surface area contributed by atoms with Crippen LogP contribution in [0.25, 0.3) is 0 Å². The number of nitrogens with zero attached hydrogens (tertiary/aromatic N) is 1. The molecular formula is C34H39N3O5. The number of aryl methyl sites for hydroxylation is 1. The maximum absolute atomic E-state index is 13.8. The summed E-state index contributed by atoms with van der Waals surface area (Å²) in [5.74, 6) is -0.744. The van der Waals surface area contributed by atoms with Crippen molar-refractivity contribution in [2.45, 2.75) is 70.9 Å². The van der Waals surface area contributed by atoms with Crippen molar-refractivity contribution in [1.82, 2.24) is 10.6 Å². The molecule has 1 heterocycles. The third-order valence-corrected chi connectivity index (χ3v) is 7.06. The van der Waals surface area contributed by atoms with Crippen LogP contribution in [0.1, 0.15) is 56.4 Å². The van der Waals surface area contributed by atoms with E-state index in [1.165, 1.54) is 0 Å². The first kappa shape index (κ1) is 30.5. The monoisotopic (exact) mass is 569 g/mol. The average Bonchev–Trinajstić information content (AvgIpc) is 3.40. The van der Waals surface area contributed by atoms with Gasteiger partial charge in [0.05, 0.1) is 12.1 Å². The zero-order valence-corrected chi connectivity index (χ0v) is 24.4. The third-order valence-electron chi connectivity index (χ3n) is 7.06. The molecule has 3 aromatic rings. The summed E-state index contributed by atoms with van der Waals surface area (Å²) in [6, 6.07) is 26.7. The Morgan fingerprint density at radius 1 is 0.833 bits per heavy atom. The molecule has 2 unspecified atom stereocenters. The maximum atomic E-state index is 13.8. The SMILES string of the molecule is CC(C)CC(NC(=O)OCc1ccccc1)C(=O)NC(CCc1ccccc1)C(=O)C1=N[C@@H](C)[C@H](c2ccccc2)O1. The van der Waals surface area contributed by atoms with Gasteiger partial charge in [0.15, 0.2) is 0 Å². The van der Waals surface area contributed by atoms with Gasteiger partial charge in [-0.3, -0.25) is 9.59 Å². The largest absolute Gasteiger partial charge is 0.465 e. The molecule has 8 heteroatoms. The third kappa shape index (κ3) is 8.77. The Morgan fingerprint density at radius 3 is 2.05 bits per heavy atom. The van der Waals surface area contributed by atoms with E-state index in [0.29, 0.717) is 19.3 Å². The highest BCUT2D eigenvalue weighted by Gasteiger charge is 2.37. The van der Waals surface area contributed by atoms with Gasteiger partial charge in [-0.1, -0.05) is 105 Å². The number of carbonyl (C=O) groups excluding carboxylic acids is 3. The zero-order valence-electron chi connectivity index (χ0n) is 24.4. The Labute approximate surface area is 247 Å². The number of carbonyl (C=O) groups is 3. The molecule has 3 aromatic carbocycles. The lowest BCUT2D eigenvalue weighted by atomic mass is 9.99. The fourth-order valence-electron chi connectivity index (χ4n) is 4.87. The molecule has 0 aliphatic carbocycles. The maximum Gasteiger partial charge on any atom is 0.408 e. The molecule has 1 aliphatic rings. The summed E-state index contributed by atoms with van der Waals surface area (Å²) in [6.07, 6.45) is 0.189. The van der Waals surface area contributed by atoms with E-state index in [9.17, 15) is 14.4 Å². The summed E-state index contributed by atoms with van der Waals surface area (Å²) >= 11 is 0. The number of nitrogens with one attached hydrogen (secondary N) is 2. The van der Waals surface area contributed by atoms with E-state index < -0.39 is 24.1 Å². The first-order valence-electron chi connectivity index (χ1n) is 14.4. The fourth-order valence-corrected chi connectivity index (χ4v) is 4.87. The van der Waals surface area contributed by atoms with E-state index in [2.05, 4.69) is 15.6 Å². The zero-order chi connectivity index (χ0) is 29.9. The number of alkyl carbamates (subject to hydrolysis) is 1. The molecule has 42 heavy (non-hydrogen) atoms. The van der Waals surface area contributed by atoms with Crippen molar-refractivity contribution in [3.8, 4) is 0 Å². The van der Waals surface area contributed by atoms with Crippen molar-refractivity contribution in [1.29, 1.82) is 0 Å². The van der Waals surface area contributed by atoms with Crippen molar-refractivity contribution in [3.05, 3.63) is 108 Å². The van der Waals surface area contributed by atoms with Gasteiger partial charge in [-0.2, -0.15) is 0 Å². The van der Waals surface area contributed by atoms with Gasteiger partial charge in [0.25, 0.3) is 5.90 Å². The molecule has 0 aromatic heterocycles. The topological polar surface area (TPSA) is 106 Å². The summed E-state index contributed by atoms with van der Waals surface area (Å²) in [7, 11) is 0. The standard InChI is InChI=1S/C34H39N3O5/c1-23(2)21-29(37-34(40)41-22-26-15-9-5-10-16-26)32(39)36-28(20-19-25-13-7-4-8-14-25)30(38)33-35-24(3)31(42-33)27-17-11-6-12-18-27/h4-18,23-24,28-29,31H,19-22H2,1-3H3,(H,36,39)(H,37,40)/t24-,28?,29?,31+/m0/s1. The number of Topliss-reactive ketones (excluding diaryl/α,β-unsaturated/α-hetero) is 1. The lowest BCUT2D eigenvalue weighted by molar-refractivity contribution is -0.127. The lowest BCUT2D eigenvalue weighted by Gasteiger charge is -2.24. The average molecular weight is 570 g/mol. The Kier molecular flexibility index (Phi) is 10.9. The highest BCUT2D eigenvalue weighted by atomic mass is 16.5. The van der Waals surface area contributed by atoms with E-state index in [1.54, 1.807) is 0 Å². The fraction of sp³-hybridized carbons (Fsp3) is 0.353. The minimum absolute atomic E-state index is 0.00496. The minimum atomic E-state index is -0.894. The van der Waals surface area contributed by atoms with Crippen molar-refractivity contribution in [2.24, 2.45) is 10.9 Å². The molecule has 0 spiro atoms. The smallest absolute Gasteiger partial charge is 0.408 e. The second kappa shape index (κ2) is 15.0. The number of benzene rings is 3. The predicted octanol–water partition coefficient (Wildman–Crippen LogP) is 5.57. The molecule has 1 aliphatic heterocycles. The molecule has 220 valence electrons. The summed E-state index contributed by atoms with van der Waals surface area (Å²) in [4.78, 5) is 44.5. The van der Waals surface area contributed by atoms with Gasteiger partial charge in [-0.05, 0) is 48.8 Å². The van der Waals surface area contributed by atoms with Crippen LogP contribution >= 0.6 is 0 Å². The second-order valence-corrected chi connectivity index (χ2v) is 11.0. The van der Waals surface area contributed by atoms with Gasteiger partial charge < -0.3 is 20.1 Å². The molecular weight excluding hydrogens is 530 g/mol. The Hall–Kier alpha value is -4.46. The number of hydrogen-bond donors (Lipinski definition) is 2. The van der Waals surface area contributed by atoms with Crippen LogP contribution in [0.15, 0.2) is 96.0 Å². The molecule has 0 fully saturated rings. The highest BCUT2D eigenvalue weighted by molar-refractivity contribution is 6.39. The lowest BCUT2D eigenvalue weighted by Crippen LogP contribution is -2.53. The summed E-state index contributed by atoms with van der Waals surface area (Å²) in [5, 5.41) is 5.59. The number of amides is 2. The predicted molar refractivity (Wildman–Crippen MR) is 162 cm³/mol. The van der Waals surface area contributed by atoms with Gasteiger partial charge >= 0.3 is 6.09 Å². The van der Waals surface area contributed by atoms with Crippen molar-refractivity contribution >= 4 is 23.7 Å². The Morgan fingerprint density at radius 2 is 1.43 bits per heavy atom. The summed E-state index contributed by atoms with van der Waals surface area (Å²) < 4.78 is 11.4. The molecule has 0 radical (unpaired) electrons. The van der Waals surface area contributed by atoms with Crippen LogP contribution < -0.4 is 10.6 Å². The Balaban J connectivity index is 1.46. The van der Waals surface area contributed by atoms with Crippen LogP contribution in [0.2, 0.25) is 0 Å². The molecule has 4 rings (SSSR count). The molecule has 0 saturated heterocycles. The van der Waals surface area contributed by atoms with E-state index >= 15 is 0 Å². The number of hydrogen-bond acceptors (Lipinski definition) is 6. The molecule has 2 amide bonds. The van der Waals surface area contributed by atoms with Gasteiger partial charge in [-0.25, -0.2) is 9.79 Å². The van der Waals surface area contributed by atoms with Crippen LogP contribution in [0.5, 0.6) is 0 Å². The quantitative estimate of drug-likeness (QED) is 0.280. The normalized spacial score (nSPS) is 17.5. The van der Waals surface area contributed by atoms with Gasteiger partial charge in [0.2, 0.25) is 11.7 Å². The summed E-state index contributed by atoms with van der Waals surface area (Å²) in [5.41, 5.74) is 2.80. The number of ether oxygens (including phenoxy) is 2. The van der Waals surface area contributed by atoms with Crippen molar-refractivity contribution in [2.75, 3.05) is 0 Å². The van der Waals surface area contributed by atoms with E-state index in [1.807, 2.05) is 112 Å². The number of ketones is 1. The van der Waals surface area contributed by atoms with Gasteiger partial charge in [0.1, 0.15) is 18.8 Å². The van der Waals surface area contributed by atoms with Crippen LogP contribution in [0.4, 0.5) is 4.79 Å². The second-order valence-electron chi connectivity index (χ2n) is 11.0. The minimum Gasteiger partial charge on any atom is -0.465 e.